The maximum Gasteiger partial charge on any atom is 0.123 e. The van der Waals surface area contributed by atoms with Crippen molar-refractivity contribution in [1.82, 2.24) is 0 Å². The van der Waals surface area contributed by atoms with Gasteiger partial charge in [0.25, 0.3) is 0 Å². The van der Waals surface area contributed by atoms with Crippen LogP contribution in [0.4, 0.5) is 4.39 Å². The van der Waals surface area contributed by atoms with Gasteiger partial charge in [0.2, 0.25) is 0 Å². The summed E-state index contributed by atoms with van der Waals surface area (Å²) in [5.41, 5.74) is 5.62. The molecule has 0 aliphatic heterocycles. The Bertz CT molecular complexity index is 337. The largest absolute Gasteiger partial charge is 0.328 e. The Balaban J connectivity index is 2.32. The lowest BCUT2D eigenvalue weighted by atomic mass is 10.2. The van der Waals surface area contributed by atoms with Crippen LogP contribution in [0.2, 0.25) is 0 Å². The third-order valence-corrected chi connectivity index (χ3v) is 3.77. The molecule has 0 bridgehead atoms. The van der Waals surface area contributed by atoms with Gasteiger partial charge >= 0.3 is 0 Å². The monoisotopic (exact) mass is 243 g/mol. The minimum absolute atomic E-state index is 0.208. The fraction of sp³-hybridized carbons (Fsp3) is 0.500. The molecule has 0 saturated carbocycles. The summed E-state index contributed by atoms with van der Waals surface area (Å²) < 4.78 is 24.4. The molecule has 2 atom stereocenters. The minimum atomic E-state index is -1.01. The van der Waals surface area contributed by atoms with E-state index in [1.807, 2.05) is 6.92 Å². The molecule has 0 saturated heterocycles. The van der Waals surface area contributed by atoms with Crippen LogP contribution in [-0.2, 0) is 10.8 Å². The molecule has 2 nitrogen and oxygen atoms in total. The van der Waals surface area contributed by atoms with E-state index in [4.69, 9.17) is 5.73 Å². The van der Waals surface area contributed by atoms with E-state index in [9.17, 15) is 8.60 Å². The van der Waals surface area contributed by atoms with Crippen LogP contribution in [-0.4, -0.2) is 16.0 Å². The van der Waals surface area contributed by atoms with Gasteiger partial charge < -0.3 is 5.73 Å². The number of halogens is 1. The van der Waals surface area contributed by atoms with E-state index >= 15 is 0 Å². The smallest absolute Gasteiger partial charge is 0.123 e. The van der Waals surface area contributed by atoms with Gasteiger partial charge in [0.1, 0.15) is 5.82 Å². The molecule has 0 fully saturated rings. The quantitative estimate of drug-likeness (QED) is 0.780. The average Bonchev–Trinajstić information content (AvgIpc) is 2.25. The van der Waals surface area contributed by atoms with Crippen molar-refractivity contribution in [3.63, 3.8) is 0 Å². The summed E-state index contributed by atoms with van der Waals surface area (Å²) in [4.78, 5) is 0.696. The van der Waals surface area contributed by atoms with E-state index < -0.39 is 10.8 Å². The summed E-state index contributed by atoms with van der Waals surface area (Å²) in [6.45, 7) is 1.97. The Morgan fingerprint density at radius 3 is 2.50 bits per heavy atom. The fourth-order valence-electron chi connectivity index (χ4n) is 1.40. The van der Waals surface area contributed by atoms with Crippen molar-refractivity contribution in [3.8, 4) is 0 Å². The van der Waals surface area contributed by atoms with Gasteiger partial charge in [0, 0.05) is 16.7 Å². The molecule has 90 valence electrons. The number of benzene rings is 1. The summed E-state index contributed by atoms with van der Waals surface area (Å²) in [5, 5.41) is 0. The molecule has 1 rings (SSSR count). The lowest BCUT2D eigenvalue weighted by molar-refractivity contribution is 0.613. The van der Waals surface area contributed by atoms with Gasteiger partial charge in [-0.1, -0.05) is 6.42 Å². The minimum Gasteiger partial charge on any atom is -0.328 e. The number of hydrogen-bond acceptors (Lipinski definition) is 2. The molecule has 0 amide bonds. The maximum absolute atomic E-state index is 12.6. The molecule has 1 aromatic rings. The topological polar surface area (TPSA) is 43.1 Å². The van der Waals surface area contributed by atoms with Crippen LogP contribution in [0.25, 0.3) is 0 Å². The van der Waals surface area contributed by atoms with Crippen LogP contribution >= 0.6 is 0 Å². The van der Waals surface area contributed by atoms with Crippen LogP contribution < -0.4 is 5.73 Å². The molecule has 0 aliphatic carbocycles. The van der Waals surface area contributed by atoms with Crippen LogP contribution in [0.3, 0.4) is 0 Å². The van der Waals surface area contributed by atoms with Crippen LogP contribution in [0.15, 0.2) is 29.2 Å². The molecule has 0 radical (unpaired) electrons. The van der Waals surface area contributed by atoms with E-state index in [1.165, 1.54) is 12.1 Å². The lowest BCUT2D eigenvalue weighted by Gasteiger charge is -2.04. The fourth-order valence-corrected chi connectivity index (χ4v) is 2.55. The molecule has 0 aromatic heterocycles. The first-order valence-corrected chi connectivity index (χ1v) is 6.81. The van der Waals surface area contributed by atoms with Crippen LogP contribution in [0.1, 0.15) is 26.2 Å². The Kier molecular flexibility index (Phi) is 5.63. The Hall–Kier alpha value is -0.740. The van der Waals surface area contributed by atoms with Crippen molar-refractivity contribution in [2.45, 2.75) is 37.1 Å². The zero-order valence-electron chi connectivity index (χ0n) is 9.49. The summed E-state index contributed by atoms with van der Waals surface area (Å²) >= 11 is 0. The number of hydrogen-bond donors (Lipinski definition) is 1. The van der Waals surface area contributed by atoms with Crippen molar-refractivity contribution >= 4 is 10.8 Å². The Morgan fingerprint density at radius 1 is 1.31 bits per heavy atom. The summed E-state index contributed by atoms with van der Waals surface area (Å²) in [6.07, 6.45) is 2.84. The highest BCUT2D eigenvalue weighted by molar-refractivity contribution is 7.85. The third kappa shape index (κ3) is 4.86. The first-order valence-electron chi connectivity index (χ1n) is 5.49. The summed E-state index contributed by atoms with van der Waals surface area (Å²) in [7, 11) is -1.01. The van der Waals surface area contributed by atoms with Crippen molar-refractivity contribution < 1.29 is 8.60 Å². The van der Waals surface area contributed by atoms with Crippen molar-refractivity contribution in [3.05, 3.63) is 30.1 Å². The first-order chi connectivity index (χ1) is 7.59. The Morgan fingerprint density at radius 2 is 1.94 bits per heavy atom. The molecule has 0 spiro atoms. The predicted molar refractivity (Wildman–Crippen MR) is 65.2 cm³/mol. The van der Waals surface area contributed by atoms with Crippen LogP contribution in [0.5, 0.6) is 0 Å². The lowest BCUT2D eigenvalue weighted by Crippen LogP contribution is -2.14. The molecule has 0 heterocycles. The Labute approximate surface area is 98.5 Å². The number of nitrogens with two attached hydrogens (primary N) is 1. The zero-order chi connectivity index (χ0) is 12.0. The second kappa shape index (κ2) is 6.76. The molecule has 4 heteroatoms. The van der Waals surface area contributed by atoms with Crippen LogP contribution in [0, 0.1) is 5.82 Å². The molecule has 1 aromatic carbocycles. The summed E-state index contributed by atoms with van der Waals surface area (Å²) in [6, 6.07) is 6.05. The standard InChI is InChI=1S/C12H18FNOS/c1-10(14)4-2-3-9-16(15)12-7-5-11(13)6-8-12/h5-8,10H,2-4,9,14H2,1H3. The molecule has 16 heavy (non-hydrogen) atoms. The third-order valence-electron chi connectivity index (χ3n) is 2.32. The van der Waals surface area contributed by atoms with Gasteiger partial charge in [-0.2, -0.15) is 0 Å². The first kappa shape index (κ1) is 13.3. The molecular formula is C12H18FNOS. The number of unbranched alkanes of at least 4 members (excludes halogenated alkanes) is 1. The van der Waals surface area contributed by atoms with Gasteiger partial charge in [-0.05, 0) is 44.0 Å². The highest BCUT2D eigenvalue weighted by Gasteiger charge is 2.04. The van der Waals surface area contributed by atoms with Gasteiger partial charge in [0.05, 0.1) is 10.8 Å². The normalized spacial score (nSPS) is 14.7. The number of rotatable bonds is 6. The van der Waals surface area contributed by atoms with Crippen molar-refractivity contribution in [2.24, 2.45) is 5.73 Å². The molecule has 2 unspecified atom stereocenters. The summed E-state index contributed by atoms with van der Waals surface area (Å²) in [5.74, 6) is 0.330. The predicted octanol–water partition coefficient (Wildman–Crippen LogP) is 2.45. The van der Waals surface area contributed by atoms with E-state index in [2.05, 4.69) is 0 Å². The second-order valence-electron chi connectivity index (χ2n) is 3.98. The van der Waals surface area contributed by atoms with Gasteiger partial charge in [-0.3, -0.25) is 4.21 Å². The van der Waals surface area contributed by atoms with E-state index in [1.54, 1.807) is 12.1 Å². The van der Waals surface area contributed by atoms with E-state index in [0.717, 1.165) is 19.3 Å². The molecule has 0 aliphatic rings. The second-order valence-corrected chi connectivity index (χ2v) is 5.55. The maximum atomic E-state index is 12.6. The highest BCUT2D eigenvalue weighted by Crippen LogP contribution is 2.10. The molecule has 2 N–H and O–H groups in total. The molecular weight excluding hydrogens is 225 g/mol. The van der Waals surface area contributed by atoms with E-state index in [0.29, 0.717) is 10.6 Å². The van der Waals surface area contributed by atoms with E-state index in [-0.39, 0.29) is 11.9 Å². The zero-order valence-corrected chi connectivity index (χ0v) is 10.3. The van der Waals surface area contributed by atoms with Crippen molar-refractivity contribution in [1.29, 1.82) is 0 Å². The highest BCUT2D eigenvalue weighted by atomic mass is 32.2. The van der Waals surface area contributed by atoms with Gasteiger partial charge in [-0.15, -0.1) is 0 Å². The SMILES string of the molecule is CC(N)CCCCS(=O)c1ccc(F)cc1. The average molecular weight is 243 g/mol. The van der Waals surface area contributed by atoms with Gasteiger partial charge in [-0.25, -0.2) is 4.39 Å². The van der Waals surface area contributed by atoms with Gasteiger partial charge in [0.15, 0.2) is 0 Å². The van der Waals surface area contributed by atoms with Crippen molar-refractivity contribution in [2.75, 3.05) is 5.75 Å².